The number of fused-ring (bicyclic) bond motifs is 1. The van der Waals surface area contributed by atoms with Crippen LogP contribution in [0, 0.1) is 5.82 Å². The Balaban J connectivity index is 2.02. The Bertz CT molecular complexity index is 992. The van der Waals surface area contributed by atoms with Gasteiger partial charge in [0, 0.05) is 17.3 Å². The van der Waals surface area contributed by atoms with Gasteiger partial charge in [0.2, 0.25) is 0 Å². The lowest BCUT2D eigenvalue weighted by molar-refractivity contribution is 0.415. The Labute approximate surface area is 139 Å². The lowest BCUT2D eigenvalue weighted by Gasteiger charge is -2.09. The van der Waals surface area contributed by atoms with Crippen molar-refractivity contribution in [3.8, 4) is 22.8 Å². The van der Waals surface area contributed by atoms with Crippen molar-refractivity contribution in [1.82, 2.24) is 9.55 Å². The van der Waals surface area contributed by atoms with Crippen LogP contribution in [0.15, 0.2) is 72.8 Å². The van der Waals surface area contributed by atoms with Gasteiger partial charge in [0.25, 0.3) is 0 Å². The molecule has 0 fully saturated rings. The van der Waals surface area contributed by atoms with Crippen molar-refractivity contribution >= 4 is 11.0 Å². The number of nitrogens with zero attached hydrogens (tertiary/aromatic N) is 2. The first-order valence-electron chi connectivity index (χ1n) is 7.64. The number of para-hydroxylation sites is 1. The highest BCUT2D eigenvalue weighted by molar-refractivity contribution is 5.84. The number of methoxy groups -OCH3 is 1. The van der Waals surface area contributed by atoms with Gasteiger partial charge in [-0.15, -0.1) is 0 Å². The van der Waals surface area contributed by atoms with Gasteiger partial charge in [0.15, 0.2) is 0 Å². The summed E-state index contributed by atoms with van der Waals surface area (Å²) in [7, 11) is 1.64. The highest BCUT2D eigenvalue weighted by atomic mass is 19.1. The lowest BCUT2D eigenvalue weighted by atomic mass is 10.2. The van der Waals surface area contributed by atoms with Crippen LogP contribution in [0.2, 0.25) is 0 Å². The summed E-state index contributed by atoms with van der Waals surface area (Å²) in [5.74, 6) is 1.26. The minimum Gasteiger partial charge on any atom is -0.497 e. The van der Waals surface area contributed by atoms with Crippen LogP contribution in [-0.4, -0.2) is 16.7 Å². The molecular weight excluding hydrogens is 303 g/mol. The molecule has 4 heteroatoms. The molecule has 0 aliphatic carbocycles. The van der Waals surface area contributed by atoms with Crippen molar-refractivity contribution in [3.63, 3.8) is 0 Å². The first-order chi connectivity index (χ1) is 11.8. The SMILES string of the molecule is COc1ccc2c(c1)nc(-c1ccc(F)cc1)n2-c1ccccc1. The molecule has 118 valence electrons. The van der Waals surface area contributed by atoms with Gasteiger partial charge in [-0.1, -0.05) is 18.2 Å². The summed E-state index contributed by atoms with van der Waals surface area (Å²) in [6.07, 6.45) is 0. The monoisotopic (exact) mass is 318 g/mol. The Kier molecular flexibility index (Phi) is 3.50. The van der Waals surface area contributed by atoms with Crippen molar-refractivity contribution in [2.75, 3.05) is 7.11 Å². The number of imidazole rings is 1. The molecule has 0 radical (unpaired) electrons. The minimum atomic E-state index is -0.261. The molecule has 0 bridgehead atoms. The van der Waals surface area contributed by atoms with Crippen LogP contribution < -0.4 is 4.74 Å². The summed E-state index contributed by atoms with van der Waals surface area (Å²) in [6.45, 7) is 0. The van der Waals surface area contributed by atoms with E-state index in [1.54, 1.807) is 19.2 Å². The summed E-state index contributed by atoms with van der Waals surface area (Å²) in [5.41, 5.74) is 3.67. The molecule has 0 unspecified atom stereocenters. The Hall–Kier alpha value is -3.14. The fourth-order valence-corrected chi connectivity index (χ4v) is 2.82. The van der Waals surface area contributed by atoms with E-state index in [1.165, 1.54) is 12.1 Å². The fourth-order valence-electron chi connectivity index (χ4n) is 2.82. The third-order valence-electron chi connectivity index (χ3n) is 3.98. The quantitative estimate of drug-likeness (QED) is 0.540. The number of rotatable bonds is 3. The molecule has 3 nitrogen and oxygen atoms in total. The molecule has 1 heterocycles. The molecule has 1 aromatic heterocycles. The van der Waals surface area contributed by atoms with E-state index in [9.17, 15) is 4.39 Å². The molecule has 3 aromatic carbocycles. The maximum Gasteiger partial charge on any atom is 0.145 e. The van der Waals surface area contributed by atoms with E-state index >= 15 is 0 Å². The summed E-state index contributed by atoms with van der Waals surface area (Å²) in [5, 5.41) is 0. The standard InChI is InChI=1S/C20H15FN2O/c1-24-17-11-12-19-18(13-17)22-20(14-7-9-15(21)10-8-14)23(19)16-5-3-2-4-6-16/h2-13H,1H3. The van der Waals surface area contributed by atoms with Gasteiger partial charge in [-0.25, -0.2) is 9.37 Å². The van der Waals surface area contributed by atoms with Gasteiger partial charge >= 0.3 is 0 Å². The second-order valence-electron chi connectivity index (χ2n) is 5.47. The second kappa shape index (κ2) is 5.81. The fraction of sp³-hybridized carbons (Fsp3) is 0.0500. The van der Waals surface area contributed by atoms with Gasteiger partial charge in [0.05, 0.1) is 18.1 Å². The maximum atomic E-state index is 13.3. The normalized spacial score (nSPS) is 10.9. The number of hydrogen-bond acceptors (Lipinski definition) is 2. The molecular formula is C20H15FN2O. The molecule has 0 saturated heterocycles. The molecule has 0 aliphatic heterocycles. The van der Waals surface area contributed by atoms with Gasteiger partial charge in [-0.2, -0.15) is 0 Å². The largest absolute Gasteiger partial charge is 0.497 e. The third-order valence-corrected chi connectivity index (χ3v) is 3.98. The van der Waals surface area contributed by atoms with E-state index in [1.807, 2.05) is 48.5 Å². The summed E-state index contributed by atoms with van der Waals surface area (Å²) in [4.78, 5) is 4.76. The van der Waals surface area contributed by atoms with Crippen molar-refractivity contribution in [1.29, 1.82) is 0 Å². The Morgan fingerprint density at radius 2 is 1.67 bits per heavy atom. The highest BCUT2D eigenvalue weighted by Crippen LogP contribution is 2.30. The predicted octanol–water partition coefficient (Wildman–Crippen LogP) is 4.84. The number of halogens is 1. The van der Waals surface area contributed by atoms with E-state index in [4.69, 9.17) is 9.72 Å². The summed E-state index contributed by atoms with van der Waals surface area (Å²) < 4.78 is 20.7. The van der Waals surface area contributed by atoms with Crippen LogP contribution in [0.3, 0.4) is 0 Å². The van der Waals surface area contributed by atoms with Crippen LogP contribution in [0.5, 0.6) is 5.75 Å². The van der Waals surface area contributed by atoms with E-state index in [-0.39, 0.29) is 5.82 Å². The molecule has 0 spiro atoms. The van der Waals surface area contributed by atoms with Crippen LogP contribution in [0.4, 0.5) is 4.39 Å². The zero-order valence-electron chi connectivity index (χ0n) is 13.1. The molecule has 4 rings (SSSR count). The number of ether oxygens (including phenoxy) is 1. The lowest BCUT2D eigenvalue weighted by Crippen LogP contribution is -1.97. The summed E-state index contributed by atoms with van der Waals surface area (Å²) >= 11 is 0. The topological polar surface area (TPSA) is 27.1 Å². The molecule has 4 aromatic rings. The van der Waals surface area contributed by atoms with E-state index in [0.717, 1.165) is 33.9 Å². The van der Waals surface area contributed by atoms with Crippen molar-refractivity contribution < 1.29 is 9.13 Å². The number of benzene rings is 3. The molecule has 0 aliphatic rings. The first kappa shape index (κ1) is 14.5. The van der Waals surface area contributed by atoms with Crippen LogP contribution in [0.1, 0.15) is 0 Å². The van der Waals surface area contributed by atoms with Crippen molar-refractivity contribution in [2.45, 2.75) is 0 Å². The van der Waals surface area contributed by atoms with Crippen LogP contribution in [-0.2, 0) is 0 Å². The van der Waals surface area contributed by atoms with Gasteiger partial charge in [-0.05, 0) is 48.5 Å². The van der Waals surface area contributed by atoms with Gasteiger partial charge in [-0.3, -0.25) is 4.57 Å². The maximum absolute atomic E-state index is 13.3. The Morgan fingerprint density at radius 1 is 0.917 bits per heavy atom. The van der Waals surface area contributed by atoms with Crippen molar-refractivity contribution in [2.24, 2.45) is 0 Å². The first-order valence-corrected chi connectivity index (χ1v) is 7.64. The van der Waals surface area contributed by atoms with Crippen LogP contribution in [0.25, 0.3) is 28.1 Å². The average molecular weight is 318 g/mol. The van der Waals surface area contributed by atoms with E-state index in [0.29, 0.717) is 0 Å². The number of hydrogen-bond donors (Lipinski definition) is 0. The highest BCUT2D eigenvalue weighted by Gasteiger charge is 2.14. The molecule has 0 amide bonds. The van der Waals surface area contributed by atoms with Gasteiger partial charge in [0.1, 0.15) is 17.4 Å². The second-order valence-corrected chi connectivity index (χ2v) is 5.47. The van der Waals surface area contributed by atoms with Crippen LogP contribution >= 0.6 is 0 Å². The smallest absolute Gasteiger partial charge is 0.145 e. The van der Waals surface area contributed by atoms with Gasteiger partial charge < -0.3 is 4.74 Å². The minimum absolute atomic E-state index is 0.261. The van der Waals surface area contributed by atoms with E-state index in [2.05, 4.69) is 4.57 Å². The Morgan fingerprint density at radius 3 is 2.38 bits per heavy atom. The van der Waals surface area contributed by atoms with E-state index < -0.39 is 0 Å². The third kappa shape index (κ3) is 2.42. The summed E-state index contributed by atoms with van der Waals surface area (Å²) in [6, 6.07) is 22.2. The number of aromatic nitrogens is 2. The zero-order valence-corrected chi connectivity index (χ0v) is 13.1. The molecule has 24 heavy (non-hydrogen) atoms. The van der Waals surface area contributed by atoms with Crippen molar-refractivity contribution in [3.05, 3.63) is 78.6 Å². The predicted molar refractivity (Wildman–Crippen MR) is 93.0 cm³/mol. The molecule has 0 saturated carbocycles. The molecule has 0 N–H and O–H groups in total. The molecule has 0 atom stereocenters. The zero-order chi connectivity index (χ0) is 16.5. The average Bonchev–Trinajstić information content (AvgIpc) is 3.01.